The average Bonchev–Trinajstić information content (AvgIpc) is 2.64. The van der Waals surface area contributed by atoms with E-state index < -0.39 is 41.3 Å². The highest BCUT2D eigenvalue weighted by molar-refractivity contribution is 7.86. The zero-order valence-corrected chi connectivity index (χ0v) is 11.5. The van der Waals surface area contributed by atoms with E-state index in [2.05, 4.69) is 0 Å². The molecule has 1 fully saturated rings. The number of rotatable bonds is 4. The number of hydrogen-bond acceptors (Lipinski definition) is 7. The molecule has 2 rings (SSSR count). The number of aryl methyl sites for hydroxylation is 1. The lowest BCUT2D eigenvalue weighted by atomic mass is 10.1. The van der Waals surface area contributed by atoms with Crippen LogP contribution in [0.3, 0.4) is 0 Å². The molecule has 4 atom stereocenters. The Morgan fingerprint density at radius 2 is 1.75 bits per heavy atom. The Kier molecular flexibility index (Phi) is 4.43. The maximum absolute atomic E-state index is 11.9. The van der Waals surface area contributed by atoms with E-state index in [0.29, 0.717) is 0 Å². The summed E-state index contributed by atoms with van der Waals surface area (Å²) in [4.78, 5) is -0.0170. The Morgan fingerprint density at radius 3 is 2.25 bits per heavy atom. The molecule has 1 aliphatic rings. The van der Waals surface area contributed by atoms with Crippen molar-refractivity contribution in [2.45, 2.75) is 36.4 Å². The van der Waals surface area contributed by atoms with E-state index in [4.69, 9.17) is 8.92 Å². The summed E-state index contributed by atoms with van der Waals surface area (Å²) in [6.45, 7) is 1.33. The second-order valence-electron chi connectivity index (χ2n) is 4.60. The van der Waals surface area contributed by atoms with Crippen molar-refractivity contribution >= 4 is 10.1 Å². The van der Waals surface area contributed by atoms with E-state index >= 15 is 0 Å². The zero-order valence-electron chi connectivity index (χ0n) is 10.7. The molecule has 0 bridgehead atoms. The molecule has 0 amide bonds. The van der Waals surface area contributed by atoms with Gasteiger partial charge in [0.1, 0.15) is 18.3 Å². The zero-order chi connectivity index (χ0) is 14.9. The first kappa shape index (κ1) is 15.4. The van der Waals surface area contributed by atoms with Gasteiger partial charge in [-0.3, -0.25) is 4.18 Å². The number of benzene rings is 1. The third kappa shape index (κ3) is 3.17. The largest absolute Gasteiger partial charge is 0.387 e. The van der Waals surface area contributed by atoms with Crippen molar-refractivity contribution in [1.29, 1.82) is 0 Å². The fraction of sp³-hybridized carbons (Fsp3) is 0.500. The second-order valence-corrected chi connectivity index (χ2v) is 6.21. The SMILES string of the molecule is Cc1ccc(S(=O)(=O)OCC2OC(O)C(O)[C@H]2O)cc1. The van der Waals surface area contributed by atoms with Crippen molar-refractivity contribution < 1.29 is 32.7 Å². The highest BCUT2D eigenvalue weighted by atomic mass is 32.2. The van der Waals surface area contributed by atoms with Gasteiger partial charge in [0.2, 0.25) is 0 Å². The summed E-state index contributed by atoms with van der Waals surface area (Å²) in [5.41, 5.74) is 0.907. The molecule has 1 aromatic rings. The van der Waals surface area contributed by atoms with Crippen LogP contribution in [0, 0.1) is 6.92 Å². The van der Waals surface area contributed by atoms with Crippen LogP contribution in [0.4, 0.5) is 0 Å². The Bertz CT molecular complexity index is 554. The number of aliphatic hydroxyl groups is 3. The molecule has 0 aliphatic carbocycles. The van der Waals surface area contributed by atoms with Gasteiger partial charge >= 0.3 is 0 Å². The maximum Gasteiger partial charge on any atom is 0.297 e. The van der Waals surface area contributed by atoms with Crippen molar-refractivity contribution in [3.8, 4) is 0 Å². The van der Waals surface area contributed by atoms with Crippen molar-refractivity contribution in [3.63, 3.8) is 0 Å². The van der Waals surface area contributed by atoms with Crippen LogP contribution in [0.15, 0.2) is 29.2 Å². The van der Waals surface area contributed by atoms with Gasteiger partial charge < -0.3 is 20.1 Å². The normalized spacial score (nSPS) is 30.6. The molecular formula is C12H16O7S. The molecule has 20 heavy (non-hydrogen) atoms. The molecule has 1 heterocycles. The summed E-state index contributed by atoms with van der Waals surface area (Å²) in [5, 5.41) is 28.0. The lowest BCUT2D eigenvalue weighted by Crippen LogP contribution is -2.34. The van der Waals surface area contributed by atoms with E-state index in [9.17, 15) is 23.7 Å². The quantitative estimate of drug-likeness (QED) is 0.620. The first-order valence-electron chi connectivity index (χ1n) is 5.97. The Hall–Kier alpha value is -1.03. The summed E-state index contributed by atoms with van der Waals surface area (Å²) in [6.07, 6.45) is -5.55. The van der Waals surface area contributed by atoms with E-state index in [1.807, 2.05) is 6.92 Å². The molecular weight excluding hydrogens is 288 g/mol. The summed E-state index contributed by atoms with van der Waals surface area (Å²) >= 11 is 0. The smallest absolute Gasteiger partial charge is 0.297 e. The molecule has 8 heteroatoms. The molecule has 0 aromatic heterocycles. The van der Waals surface area contributed by atoms with Gasteiger partial charge in [-0.15, -0.1) is 0 Å². The van der Waals surface area contributed by atoms with Crippen LogP contribution >= 0.6 is 0 Å². The standard InChI is InChI=1S/C12H16O7S/c1-7-2-4-8(5-3-7)20(16,17)18-6-9-10(13)11(14)12(15)19-9/h2-5,9-15H,6H2,1H3/t9?,10-,11?,12?/m0/s1. The van der Waals surface area contributed by atoms with Crippen LogP contribution in [-0.4, -0.2) is 54.9 Å². The van der Waals surface area contributed by atoms with Gasteiger partial charge in [-0.1, -0.05) is 17.7 Å². The molecule has 0 radical (unpaired) electrons. The molecule has 1 aliphatic heterocycles. The maximum atomic E-state index is 11.9. The van der Waals surface area contributed by atoms with Gasteiger partial charge in [0.25, 0.3) is 10.1 Å². The molecule has 7 nitrogen and oxygen atoms in total. The van der Waals surface area contributed by atoms with Crippen molar-refractivity contribution in [1.82, 2.24) is 0 Å². The van der Waals surface area contributed by atoms with Crippen molar-refractivity contribution in [2.24, 2.45) is 0 Å². The first-order valence-corrected chi connectivity index (χ1v) is 7.38. The van der Waals surface area contributed by atoms with Gasteiger partial charge in [0.05, 0.1) is 11.5 Å². The van der Waals surface area contributed by atoms with Crippen LogP contribution in [0.25, 0.3) is 0 Å². The third-order valence-electron chi connectivity index (χ3n) is 3.03. The van der Waals surface area contributed by atoms with Crippen molar-refractivity contribution in [3.05, 3.63) is 29.8 Å². The van der Waals surface area contributed by atoms with Crippen LogP contribution in [-0.2, 0) is 19.0 Å². The summed E-state index contributed by atoms with van der Waals surface area (Å²) in [5.74, 6) is 0. The van der Waals surface area contributed by atoms with Gasteiger partial charge in [0, 0.05) is 0 Å². The van der Waals surface area contributed by atoms with Crippen molar-refractivity contribution in [2.75, 3.05) is 6.61 Å². The Balaban J connectivity index is 2.01. The molecule has 0 spiro atoms. The highest BCUT2D eigenvalue weighted by Gasteiger charge is 2.42. The molecule has 3 N–H and O–H groups in total. The minimum Gasteiger partial charge on any atom is -0.387 e. The molecule has 3 unspecified atom stereocenters. The summed E-state index contributed by atoms with van der Waals surface area (Å²) in [6, 6.07) is 6.07. The highest BCUT2D eigenvalue weighted by Crippen LogP contribution is 2.21. The Morgan fingerprint density at radius 1 is 1.15 bits per heavy atom. The van der Waals surface area contributed by atoms with E-state index in [0.717, 1.165) is 5.56 Å². The predicted octanol–water partition coefficient (Wildman–Crippen LogP) is -0.861. The fourth-order valence-corrected chi connectivity index (χ4v) is 2.71. The summed E-state index contributed by atoms with van der Waals surface area (Å²) in [7, 11) is -3.98. The molecule has 0 saturated carbocycles. The monoisotopic (exact) mass is 304 g/mol. The topological polar surface area (TPSA) is 113 Å². The van der Waals surface area contributed by atoms with Gasteiger partial charge in [-0.25, -0.2) is 0 Å². The van der Waals surface area contributed by atoms with Gasteiger partial charge in [-0.2, -0.15) is 8.42 Å². The minimum atomic E-state index is -3.98. The van der Waals surface area contributed by atoms with Crippen LogP contribution in [0.5, 0.6) is 0 Å². The lowest BCUT2D eigenvalue weighted by molar-refractivity contribution is -0.131. The van der Waals surface area contributed by atoms with E-state index in [-0.39, 0.29) is 4.90 Å². The lowest BCUT2D eigenvalue weighted by Gasteiger charge is -2.14. The van der Waals surface area contributed by atoms with E-state index in [1.54, 1.807) is 12.1 Å². The molecule has 112 valence electrons. The fourth-order valence-electron chi connectivity index (χ4n) is 1.80. The average molecular weight is 304 g/mol. The molecule has 1 saturated heterocycles. The third-order valence-corrected chi connectivity index (χ3v) is 4.33. The second kappa shape index (κ2) is 5.76. The van der Waals surface area contributed by atoms with Crippen LogP contribution in [0.2, 0.25) is 0 Å². The molecule has 1 aromatic carbocycles. The Labute approximate surface area is 116 Å². The number of aliphatic hydroxyl groups excluding tert-OH is 3. The predicted molar refractivity (Wildman–Crippen MR) is 67.2 cm³/mol. The van der Waals surface area contributed by atoms with E-state index in [1.165, 1.54) is 12.1 Å². The number of hydrogen-bond donors (Lipinski definition) is 3. The van der Waals surface area contributed by atoms with Gasteiger partial charge in [-0.05, 0) is 19.1 Å². The van der Waals surface area contributed by atoms with Crippen LogP contribution in [0.1, 0.15) is 5.56 Å². The summed E-state index contributed by atoms with van der Waals surface area (Å²) < 4.78 is 33.3. The van der Waals surface area contributed by atoms with Gasteiger partial charge in [0.15, 0.2) is 6.29 Å². The van der Waals surface area contributed by atoms with Crippen LogP contribution < -0.4 is 0 Å². The minimum absolute atomic E-state index is 0.0170. The number of ether oxygens (including phenoxy) is 1. The first-order chi connectivity index (χ1) is 9.31.